The Morgan fingerprint density at radius 1 is 0.846 bits per heavy atom. The van der Waals surface area contributed by atoms with E-state index in [4.69, 9.17) is 0 Å². The number of ether oxygens (including phenoxy) is 1. The molecule has 0 N–H and O–H groups in total. The standard InChI is InChI=1S/C16H21F9O/c1-7-2-3-9(10(17)4-7)8-5-11(18)13(12(19)6-8)26-16(24,25)14(20)15(21,22)23/h7-14H,2-6H2,1H3. The molecule has 2 saturated carbocycles. The van der Waals surface area contributed by atoms with Crippen LogP contribution in [0.15, 0.2) is 0 Å². The van der Waals surface area contributed by atoms with Crippen LogP contribution in [-0.2, 0) is 4.74 Å². The molecular formula is C16H21F9O. The molecule has 154 valence electrons. The quantitative estimate of drug-likeness (QED) is 0.548. The van der Waals surface area contributed by atoms with E-state index in [-0.39, 0.29) is 12.3 Å². The van der Waals surface area contributed by atoms with Crippen LogP contribution in [0.25, 0.3) is 0 Å². The molecule has 0 amide bonds. The summed E-state index contributed by atoms with van der Waals surface area (Å²) in [6.07, 6.45) is -24.3. The SMILES string of the molecule is CC1CCC(C2CC(F)C(OC(F)(F)C(F)C(F)(F)F)C(F)C2)C(F)C1. The molecule has 2 aliphatic rings. The normalized spacial score (nSPS) is 41.1. The predicted octanol–water partition coefficient (Wildman–Crippen LogP) is 5.73. The van der Waals surface area contributed by atoms with Gasteiger partial charge in [-0.25, -0.2) is 17.6 Å². The molecule has 6 unspecified atom stereocenters. The molecule has 26 heavy (non-hydrogen) atoms. The van der Waals surface area contributed by atoms with Gasteiger partial charge in [0.2, 0.25) is 0 Å². The van der Waals surface area contributed by atoms with Crippen molar-refractivity contribution in [3.63, 3.8) is 0 Å². The molecule has 0 aliphatic heterocycles. The summed E-state index contributed by atoms with van der Waals surface area (Å²) >= 11 is 0. The van der Waals surface area contributed by atoms with Crippen molar-refractivity contribution in [2.24, 2.45) is 17.8 Å². The third kappa shape index (κ3) is 4.78. The molecule has 0 heterocycles. The minimum atomic E-state index is -5.93. The van der Waals surface area contributed by atoms with Gasteiger partial charge in [0.05, 0.1) is 0 Å². The van der Waals surface area contributed by atoms with Crippen LogP contribution in [0.4, 0.5) is 39.5 Å². The number of halogens is 9. The Morgan fingerprint density at radius 2 is 1.38 bits per heavy atom. The number of rotatable bonds is 4. The lowest BCUT2D eigenvalue weighted by molar-refractivity contribution is -0.359. The van der Waals surface area contributed by atoms with Crippen molar-refractivity contribution in [3.05, 3.63) is 0 Å². The topological polar surface area (TPSA) is 9.23 Å². The lowest BCUT2D eigenvalue weighted by Gasteiger charge is -2.42. The third-order valence-electron chi connectivity index (χ3n) is 5.33. The first-order valence-corrected chi connectivity index (χ1v) is 8.51. The van der Waals surface area contributed by atoms with Gasteiger partial charge in [0.25, 0.3) is 6.17 Å². The van der Waals surface area contributed by atoms with Crippen molar-refractivity contribution >= 4 is 0 Å². The van der Waals surface area contributed by atoms with E-state index in [2.05, 4.69) is 4.74 Å². The van der Waals surface area contributed by atoms with Gasteiger partial charge in [-0.15, -0.1) is 0 Å². The summed E-state index contributed by atoms with van der Waals surface area (Å²) < 4.78 is 122. The third-order valence-corrected chi connectivity index (χ3v) is 5.33. The Labute approximate surface area is 145 Å². The number of hydrogen-bond donors (Lipinski definition) is 0. The molecule has 0 saturated heterocycles. The Morgan fingerprint density at radius 3 is 1.85 bits per heavy atom. The van der Waals surface area contributed by atoms with Crippen molar-refractivity contribution < 1.29 is 44.3 Å². The minimum absolute atomic E-state index is 0.130. The lowest BCUT2D eigenvalue weighted by Crippen LogP contribution is -2.52. The second-order valence-corrected chi connectivity index (χ2v) is 7.41. The van der Waals surface area contributed by atoms with Crippen LogP contribution in [0.2, 0.25) is 0 Å². The van der Waals surface area contributed by atoms with Gasteiger partial charge in [-0.1, -0.05) is 13.3 Å². The summed E-state index contributed by atoms with van der Waals surface area (Å²) in [5.41, 5.74) is 0. The van der Waals surface area contributed by atoms with Crippen LogP contribution in [0.1, 0.15) is 39.0 Å². The molecule has 2 fully saturated rings. The van der Waals surface area contributed by atoms with Crippen LogP contribution in [0.3, 0.4) is 0 Å². The average molecular weight is 400 g/mol. The fourth-order valence-electron chi connectivity index (χ4n) is 3.96. The van der Waals surface area contributed by atoms with Crippen molar-refractivity contribution in [3.8, 4) is 0 Å². The van der Waals surface area contributed by atoms with Crippen LogP contribution in [-0.4, -0.2) is 43.1 Å². The van der Waals surface area contributed by atoms with Crippen LogP contribution < -0.4 is 0 Å². The van der Waals surface area contributed by atoms with Gasteiger partial charge in [-0.3, -0.25) is 0 Å². The van der Waals surface area contributed by atoms with Crippen LogP contribution >= 0.6 is 0 Å². The molecule has 1 nitrogen and oxygen atoms in total. The van der Waals surface area contributed by atoms with Crippen molar-refractivity contribution in [2.45, 2.75) is 82.1 Å². The Hall–Kier alpha value is -0.670. The number of alkyl halides is 9. The fourth-order valence-corrected chi connectivity index (χ4v) is 3.96. The molecule has 0 aromatic carbocycles. The van der Waals surface area contributed by atoms with E-state index in [0.717, 1.165) is 0 Å². The summed E-state index contributed by atoms with van der Waals surface area (Å²) in [4.78, 5) is 0. The second-order valence-electron chi connectivity index (χ2n) is 7.41. The molecule has 0 radical (unpaired) electrons. The first kappa shape index (κ1) is 21.6. The monoisotopic (exact) mass is 400 g/mol. The predicted molar refractivity (Wildman–Crippen MR) is 74.7 cm³/mol. The first-order valence-electron chi connectivity index (χ1n) is 8.51. The van der Waals surface area contributed by atoms with E-state index in [0.29, 0.717) is 12.8 Å². The van der Waals surface area contributed by atoms with Crippen LogP contribution in [0, 0.1) is 17.8 Å². The highest BCUT2D eigenvalue weighted by Crippen LogP contribution is 2.45. The molecule has 0 aromatic heterocycles. The smallest absolute Gasteiger partial charge is 0.308 e. The summed E-state index contributed by atoms with van der Waals surface area (Å²) in [6.45, 7) is 1.85. The Balaban J connectivity index is 2.02. The largest absolute Gasteiger partial charge is 0.428 e. The molecule has 0 bridgehead atoms. The van der Waals surface area contributed by atoms with E-state index in [1.807, 2.05) is 6.92 Å². The van der Waals surface area contributed by atoms with Crippen LogP contribution in [0.5, 0.6) is 0 Å². The van der Waals surface area contributed by atoms with E-state index in [9.17, 15) is 39.5 Å². The number of hydrogen-bond acceptors (Lipinski definition) is 1. The summed E-state index contributed by atoms with van der Waals surface area (Å²) in [5, 5.41) is 0. The molecule has 0 spiro atoms. The summed E-state index contributed by atoms with van der Waals surface area (Å²) in [5.74, 6) is -1.26. The van der Waals surface area contributed by atoms with Crippen molar-refractivity contribution in [1.29, 1.82) is 0 Å². The molecule has 10 heteroatoms. The van der Waals surface area contributed by atoms with Gasteiger partial charge in [-0.2, -0.15) is 22.0 Å². The average Bonchev–Trinajstić information content (AvgIpc) is 2.49. The highest BCUT2D eigenvalue weighted by Gasteiger charge is 2.60. The second kappa shape index (κ2) is 7.75. The van der Waals surface area contributed by atoms with E-state index in [1.165, 1.54) is 0 Å². The van der Waals surface area contributed by atoms with E-state index in [1.54, 1.807) is 0 Å². The van der Waals surface area contributed by atoms with Crippen molar-refractivity contribution in [1.82, 2.24) is 0 Å². The van der Waals surface area contributed by atoms with E-state index >= 15 is 0 Å². The Bertz CT molecular complexity index is 457. The summed E-state index contributed by atoms with van der Waals surface area (Å²) in [7, 11) is 0. The van der Waals surface area contributed by atoms with Gasteiger partial charge in [0, 0.05) is 0 Å². The molecule has 6 atom stereocenters. The maximum Gasteiger partial charge on any atom is 0.428 e. The summed E-state index contributed by atoms with van der Waals surface area (Å²) in [6, 6.07) is 0. The van der Waals surface area contributed by atoms with Gasteiger partial charge in [0.1, 0.15) is 24.6 Å². The molecular weight excluding hydrogens is 379 g/mol. The van der Waals surface area contributed by atoms with Gasteiger partial charge in [0.15, 0.2) is 0 Å². The van der Waals surface area contributed by atoms with Gasteiger partial charge in [-0.05, 0) is 43.4 Å². The maximum absolute atomic E-state index is 14.2. The lowest BCUT2D eigenvalue weighted by atomic mass is 9.69. The Kier molecular flexibility index (Phi) is 6.45. The highest BCUT2D eigenvalue weighted by atomic mass is 19.4. The maximum atomic E-state index is 14.2. The zero-order chi connectivity index (χ0) is 19.9. The van der Waals surface area contributed by atoms with E-state index < -0.39 is 67.8 Å². The molecule has 2 rings (SSSR count). The van der Waals surface area contributed by atoms with Gasteiger partial charge >= 0.3 is 12.3 Å². The molecule has 2 aliphatic carbocycles. The zero-order valence-corrected chi connectivity index (χ0v) is 14.0. The first-order chi connectivity index (χ1) is 11.8. The zero-order valence-electron chi connectivity index (χ0n) is 14.0. The fraction of sp³-hybridized carbons (Fsp3) is 1.00. The highest BCUT2D eigenvalue weighted by molar-refractivity contribution is 4.94. The van der Waals surface area contributed by atoms with Crippen molar-refractivity contribution in [2.75, 3.05) is 0 Å². The minimum Gasteiger partial charge on any atom is -0.308 e. The van der Waals surface area contributed by atoms with Gasteiger partial charge < -0.3 is 4.74 Å². The molecule has 0 aromatic rings.